The topological polar surface area (TPSA) is 105 Å². The maximum atomic E-state index is 12.8. The Hall–Kier alpha value is -2.60. The van der Waals surface area contributed by atoms with Gasteiger partial charge in [-0.05, 0) is 30.6 Å². The van der Waals surface area contributed by atoms with Crippen molar-refractivity contribution < 1.29 is 28.7 Å². The number of Topliss-reactive ketones (excluding diaryl/α,β-unsaturated/α-hetero) is 1. The van der Waals surface area contributed by atoms with Gasteiger partial charge in [-0.1, -0.05) is 27.7 Å². The van der Waals surface area contributed by atoms with E-state index in [1.165, 1.54) is 0 Å². The van der Waals surface area contributed by atoms with E-state index in [0.717, 1.165) is 25.7 Å². The number of ether oxygens (including phenoxy) is 2. The highest BCUT2D eigenvalue weighted by molar-refractivity contribution is 5.85. The predicted molar refractivity (Wildman–Crippen MR) is 138 cm³/mol. The zero-order valence-electron chi connectivity index (χ0n) is 22.8. The summed E-state index contributed by atoms with van der Waals surface area (Å²) >= 11 is 0. The van der Waals surface area contributed by atoms with Crippen LogP contribution in [-0.2, 0) is 23.9 Å². The molecule has 206 valence electrons. The number of carbonyl (C=O) groups excluding carboxylic acids is 4. The number of alkyl carbamates (subject to hydrolysis) is 1. The van der Waals surface area contributed by atoms with E-state index >= 15 is 0 Å². The van der Waals surface area contributed by atoms with Gasteiger partial charge >= 0.3 is 12.1 Å². The van der Waals surface area contributed by atoms with Crippen molar-refractivity contribution in [3.63, 3.8) is 0 Å². The van der Waals surface area contributed by atoms with E-state index in [9.17, 15) is 19.2 Å². The van der Waals surface area contributed by atoms with Gasteiger partial charge in [-0.25, -0.2) is 4.79 Å². The summed E-state index contributed by atoms with van der Waals surface area (Å²) in [4.78, 5) is 53.1. The highest BCUT2D eigenvalue weighted by atomic mass is 16.5. The maximum Gasteiger partial charge on any atom is 0.407 e. The van der Waals surface area contributed by atoms with E-state index in [0.29, 0.717) is 44.0 Å². The van der Waals surface area contributed by atoms with Gasteiger partial charge in [0.2, 0.25) is 5.91 Å². The van der Waals surface area contributed by atoms with Crippen molar-refractivity contribution in [2.45, 2.75) is 72.3 Å². The quantitative estimate of drug-likeness (QED) is 0.351. The summed E-state index contributed by atoms with van der Waals surface area (Å²) in [7, 11) is 0. The number of fused-ring (bicyclic) bond motifs is 1. The molecule has 2 unspecified atom stereocenters. The van der Waals surface area contributed by atoms with Crippen LogP contribution in [0.25, 0.3) is 0 Å². The largest absolute Gasteiger partial charge is 0.464 e. The fraction of sp³-hybridized carbons (Fsp3) is 0.786. The first-order valence-corrected chi connectivity index (χ1v) is 13.7. The number of hydrogen-bond donors (Lipinski definition) is 1. The first-order chi connectivity index (χ1) is 17.6. The number of hydrogen-bond acceptors (Lipinski definition) is 7. The van der Waals surface area contributed by atoms with E-state index in [4.69, 9.17) is 9.47 Å². The minimum absolute atomic E-state index is 0.0883. The minimum atomic E-state index is -0.488. The van der Waals surface area contributed by atoms with Gasteiger partial charge in [-0.3, -0.25) is 19.3 Å². The zero-order valence-corrected chi connectivity index (χ0v) is 22.8. The molecule has 2 fully saturated rings. The van der Waals surface area contributed by atoms with Gasteiger partial charge in [0.1, 0.15) is 6.61 Å². The highest BCUT2D eigenvalue weighted by Crippen LogP contribution is 2.52. The van der Waals surface area contributed by atoms with Crippen molar-refractivity contribution in [3.8, 4) is 11.8 Å². The molecule has 3 rings (SSSR count). The Labute approximate surface area is 221 Å². The summed E-state index contributed by atoms with van der Waals surface area (Å²) in [5.41, 5.74) is -0.470. The van der Waals surface area contributed by atoms with E-state index in [1.54, 1.807) is 11.8 Å². The minimum Gasteiger partial charge on any atom is -0.464 e. The SMILES string of the molecule is CCC(=O)OCC1CN(C(=O)CCNC(=O)OCC2[C@H]3CCC#CCC[C@@H]23)CCN1CC(=O)C(C)(C)C. The van der Waals surface area contributed by atoms with Gasteiger partial charge in [0, 0.05) is 57.3 Å². The molecule has 1 saturated carbocycles. The Morgan fingerprint density at radius 2 is 1.65 bits per heavy atom. The van der Waals surface area contributed by atoms with Crippen LogP contribution < -0.4 is 5.32 Å². The van der Waals surface area contributed by atoms with Crippen LogP contribution >= 0.6 is 0 Å². The molecule has 0 aromatic rings. The molecule has 9 nitrogen and oxygen atoms in total. The molecule has 0 aromatic carbocycles. The zero-order chi connectivity index (χ0) is 27.0. The van der Waals surface area contributed by atoms with E-state index in [2.05, 4.69) is 17.2 Å². The molecular weight excluding hydrogens is 474 g/mol. The second-order valence-electron chi connectivity index (χ2n) is 11.4. The molecule has 3 aliphatic rings. The number of nitrogens with zero attached hydrogens (tertiary/aromatic N) is 2. The summed E-state index contributed by atoms with van der Waals surface area (Å²) in [5.74, 6) is 7.73. The van der Waals surface area contributed by atoms with Crippen LogP contribution in [0.1, 0.15) is 66.2 Å². The van der Waals surface area contributed by atoms with Crippen LogP contribution in [0.2, 0.25) is 0 Å². The summed E-state index contributed by atoms with van der Waals surface area (Å²) in [6, 6.07) is -0.252. The summed E-state index contributed by atoms with van der Waals surface area (Å²) in [5, 5.41) is 2.69. The molecule has 2 amide bonds. The Bertz CT molecular complexity index is 884. The Morgan fingerprint density at radius 3 is 2.27 bits per heavy atom. The van der Waals surface area contributed by atoms with Gasteiger partial charge in [-0.15, -0.1) is 11.8 Å². The molecule has 0 bridgehead atoms. The first kappa shape index (κ1) is 29.0. The van der Waals surface area contributed by atoms with E-state index < -0.39 is 11.5 Å². The monoisotopic (exact) mass is 517 g/mol. The van der Waals surface area contributed by atoms with Crippen LogP contribution in [-0.4, -0.2) is 85.5 Å². The first-order valence-electron chi connectivity index (χ1n) is 13.7. The van der Waals surface area contributed by atoms with E-state index in [-0.39, 0.29) is 56.2 Å². The maximum absolute atomic E-state index is 12.8. The smallest absolute Gasteiger partial charge is 0.407 e. The Morgan fingerprint density at radius 1 is 0.973 bits per heavy atom. The van der Waals surface area contributed by atoms with Crippen molar-refractivity contribution in [3.05, 3.63) is 0 Å². The van der Waals surface area contributed by atoms with Crippen LogP contribution in [0, 0.1) is 35.0 Å². The molecule has 2 aliphatic carbocycles. The van der Waals surface area contributed by atoms with Crippen molar-refractivity contribution in [2.75, 3.05) is 45.9 Å². The number of rotatable bonds is 10. The average molecular weight is 518 g/mol. The number of piperazine rings is 1. The molecule has 4 atom stereocenters. The van der Waals surface area contributed by atoms with Gasteiger partial charge in [0.25, 0.3) is 0 Å². The third kappa shape index (κ3) is 8.74. The number of ketones is 1. The van der Waals surface area contributed by atoms with Gasteiger partial charge < -0.3 is 19.7 Å². The second kappa shape index (κ2) is 13.3. The molecule has 37 heavy (non-hydrogen) atoms. The second-order valence-corrected chi connectivity index (χ2v) is 11.4. The Kier molecular flexibility index (Phi) is 10.4. The standard InChI is InChI=1S/C28H43N3O6/c1-5-26(34)36-18-20-16-31(15-14-30(20)17-24(32)28(2,3)4)25(33)12-13-29-27(35)37-19-23-21-10-8-6-7-9-11-22(21)23/h20-23H,5,8-19H2,1-4H3,(H,29,35)/t20?,21-,22+,23?. The van der Waals surface area contributed by atoms with Crippen LogP contribution in [0.5, 0.6) is 0 Å². The van der Waals surface area contributed by atoms with E-state index in [1.807, 2.05) is 25.7 Å². The lowest BCUT2D eigenvalue weighted by molar-refractivity contribution is -0.147. The van der Waals surface area contributed by atoms with Crippen molar-refractivity contribution >= 4 is 23.8 Å². The third-order valence-electron chi connectivity index (χ3n) is 7.72. The molecule has 0 spiro atoms. The van der Waals surface area contributed by atoms with Crippen molar-refractivity contribution in [1.82, 2.24) is 15.1 Å². The Balaban J connectivity index is 1.40. The number of amides is 2. The van der Waals surface area contributed by atoms with Crippen LogP contribution in [0.3, 0.4) is 0 Å². The molecule has 1 aliphatic heterocycles. The average Bonchev–Trinajstić information content (AvgIpc) is 3.49. The van der Waals surface area contributed by atoms with Crippen molar-refractivity contribution in [1.29, 1.82) is 0 Å². The van der Waals surface area contributed by atoms with Gasteiger partial charge in [0.05, 0.1) is 19.2 Å². The summed E-state index contributed by atoms with van der Waals surface area (Å²) in [6.45, 7) is 9.75. The van der Waals surface area contributed by atoms with Crippen molar-refractivity contribution in [2.24, 2.45) is 23.2 Å². The van der Waals surface area contributed by atoms with Gasteiger partial charge in [-0.2, -0.15) is 0 Å². The predicted octanol–water partition coefficient (Wildman–Crippen LogP) is 2.62. The molecule has 1 N–H and O–H groups in total. The third-order valence-corrected chi connectivity index (χ3v) is 7.72. The lowest BCUT2D eigenvalue weighted by atomic mass is 9.90. The summed E-state index contributed by atoms with van der Waals surface area (Å²) in [6.07, 6.45) is 3.95. The highest BCUT2D eigenvalue weighted by Gasteiger charge is 2.49. The summed E-state index contributed by atoms with van der Waals surface area (Å²) < 4.78 is 10.8. The number of carbonyl (C=O) groups is 4. The van der Waals surface area contributed by atoms with Crippen LogP contribution in [0.15, 0.2) is 0 Å². The molecule has 0 aromatic heterocycles. The molecule has 9 heteroatoms. The molecule has 0 radical (unpaired) electrons. The fourth-order valence-electron chi connectivity index (χ4n) is 5.13. The van der Waals surface area contributed by atoms with Crippen LogP contribution in [0.4, 0.5) is 4.79 Å². The lowest BCUT2D eigenvalue weighted by Crippen LogP contribution is -2.58. The molecule has 1 heterocycles. The molecule has 1 saturated heterocycles. The molecular formula is C28H43N3O6. The normalized spacial score (nSPS) is 25.5. The fourth-order valence-corrected chi connectivity index (χ4v) is 5.13. The number of esters is 1. The number of nitrogens with one attached hydrogen (secondary N) is 1. The lowest BCUT2D eigenvalue weighted by Gasteiger charge is -2.41. The van der Waals surface area contributed by atoms with Gasteiger partial charge in [0.15, 0.2) is 5.78 Å².